The van der Waals surface area contributed by atoms with Crippen LogP contribution in [0.25, 0.3) is 0 Å². The predicted octanol–water partition coefficient (Wildman–Crippen LogP) is 3.30. The highest BCUT2D eigenvalue weighted by molar-refractivity contribution is 5.95. The lowest BCUT2D eigenvalue weighted by molar-refractivity contribution is 0.0601. The molecule has 0 aliphatic carbocycles. The van der Waals surface area contributed by atoms with E-state index in [0.29, 0.717) is 22.7 Å². The number of benzene rings is 2. The van der Waals surface area contributed by atoms with Gasteiger partial charge in [-0.05, 0) is 36.8 Å². The average molecular weight is 275 g/mol. The third-order valence-corrected chi connectivity index (χ3v) is 2.81. The van der Waals surface area contributed by atoms with E-state index in [9.17, 15) is 9.18 Å². The second-order valence-corrected chi connectivity index (χ2v) is 4.25. The summed E-state index contributed by atoms with van der Waals surface area (Å²) in [7, 11) is 1.27. The Morgan fingerprint density at radius 2 is 1.80 bits per heavy atom. The van der Waals surface area contributed by atoms with Crippen LogP contribution in [0.15, 0.2) is 36.4 Å². The number of hydrogen-bond donors (Lipinski definition) is 1. The maximum absolute atomic E-state index is 13.4. The first-order valence-electron chi connectivity index (χ1n) is 5.93. The Hall–Kier alpha value is -2.56. The van der Waals surface area contributed by atoms with Crippen molar-refractivity contribution in [3.05, 3.63) is 53.3 Å². The van der Waals surface area contributed by atoms with Gasteiger partial charge in [0.15, 0.2) is 0 Å². The quantitative estimate of drug-likeness (QED) is 0.689. The van der Waals surface area contributed by atoms with Gasteiger partial charge in [-0.3, -0.25) is 0 Å². The Balaban J connectivity index is 2.29. The average Bonchev–Trinajstić information content (AvgIpc) is 2.44. The topological polar surface area (TPSA) is 61.5 Å². The van der Waals surface area contributed by atoms with Crippen molar-refractivity contribution in [2.45, 2.75) is 6.92 Å². The molecule has 0 bridgehead atoms. The normalized spacial score (nSPS) is 10.2. The van der Waals surface area contributed by atoms with Gasteiger partial charge in [0.1, 0.15) is 17.3 Å². The molecule has 0 aromatic heterocycles. The van der Waals surface area contributed by atoms with Crippen LogP contribution < -0.4 is 10.5 Å². The number of nitrogen functional groups attached to an aromatic ring is 1. The largest absolute Gasteiger partial charge is 0.465 e. The summed E-state index contributed by atoms with van der Waals surface area (Å²) in [5.41, 5.74) is 6.72. The van der Waals surface area contributed by atoms with Crippen LogP contribution in [-0.4, -0.2) is 13.1 Å². The van der Waals surface area contributed by atoms with Crippen molar-refractivity contribution in [1.29, 1.82) is 0 Å². The van der Waals surface area contributed by atoms with Crippen molar-refractivity contribution in [1.82, 2.24) is 0 Å². The van der Waals surface area contributed by atoms with Crippen LogP contribution in [0.2, 0.25) is 0 Å². The first-order chi connectivity index (χ1) is 9.51. The molecule has 0 saturated heterocycles. The molecule has 0 radical (unpaired) electrons. The van der Waals surface area contributed by atoms with Gasteiger partial charge in [0.25, 0.3) is 0 Å². The van der Waals surface area contributed by atoms with E-state index in [1.807, 2.05) is 0 Å². The minimum absolute atomic E-state index is 0.206. The molecule has 20 heavy (non-hydrogen) atoms. The lowest BCUT2D eigenvalue weighted by Crippen LogP contribution is -2.05. The van der Waals surface area contributed by atoms with E-state index in [2.05, 4.69) is 4.74 Å². The van der Waals surface area contributed by atoms with Crippen molar-refractivity contribution >= 4 is 11.7 Å². The van der Waals surface area contributed by atoms with E-state index in [-0.39, 0.29) is 11.4 Å². The SMILES string of the molecule is COC(=O)c1cc(Oc2ccc(C)c(F)c2)ccc1N. The standard InChI is InChI=1S/C15H14FNO3/c1-9-3-4-11(8-13(9)16)20-10-5-6-14(17)12(7-10)15(18)19-2/h3-8H,17H2,1-2H3. The second-order valence-electron chi connectivity index (χ2n) is 4.25. The first kappa shape index (κ1) is 13.9. The third kappa shape index (κ3) is 2.88. The molecule has 0 spiro atoms. The maximum Gasteiger partial charge on any atom is 0.340 e. The molecule has 0 aliphatic heterocycles. The molecule has 2 aromatic rings. The number of methoxy groups -OCH3 is 1. The van der Waals surface area contributed by atoms with Crippen molar-refractivity contribution < 1.29 is 18.7 Å². The van der Waals surface area contributed by atoms with Crippen LogP contribution in [-0.2, 0) is 4.74 Å². The molecule has 0 fully saturated rings. The molecule has 104 valence electrons. The summed E-state index contributed by atoms with van der Waals surface area (Å²) >= 11 is 0. The molecule has 2 N–H and O–H groups in total. The van der Waals surface area contributed by atoms with Crippen molar-refractivity contribution in [3.8, 4) is 11.5 Å². The molecule has 0 saturated carbocycles. The first-order valence-corrected chi connectivity index (χ1v) is 5.93. The molecular weight excluding hydrogens is 261 g/mol. The van der Waals surface area contributed by atoms with E-state index in [1.54, 1.807) is 25.1 Å². The highest BCUT2D eigenvalue weighted by Crippen LogP contribution is 2.26. The van der Waals surface area contributed by atoms with Gasteiger partial charge < -0.3 is 15.2 Å². The van der Waals surface area contributed by atoms with Gasteiger partial charge in [-0.15, -0.1) is 0 Å². The Morgan fingerprint density at radius 1 is 1.15 bits per heavy atom. The Bertz CT molecular complexity index is 656. The summed E-state index contributed by atoms with van der Waals surface area (Å²) in [4.78, 5) is 11.5. The van der Waals surface area contributed by atoms with Crippen molar-refractivity contribution in [2.75, 3.05) is 12.8 Å². The van der Waals surface area contributed by atoms with Gasteiger partial charge in [-0.25, -0.2) is 9.18 Å². The molecule has 2 aromatic carbocycles. The molecule has 5 heteroatoms. The zero-order valence-electron chi connectivity index (χ0n) is 11.1. The van der Waals surface area contributed by atoms with Crippen molar-refractivity contribution in [3.63, 3.8) is 0 Å². The number of anilines is 1. The Morgan fingerprint density at radius 3 is 2.45 bits per heavy atom. The smallest absolute Gasteiger partial charge is 0.340 e. The number of ether oxygens (including phenoxy) is 2. The predicted molar refractivity (Wildman–Crippen MR) is 73.4 cm³/mol. The molecule has 0 amide bonds. The molecule has 2 rings (SSSR count). The van der Waals surface area contributed by atoms with Gasteiger partial charge in [-0.1, -0.05) is 6.07 Å². The number of carbonyl (C=O) groups is 1. The summed E-state index contributed by atoms with van der Waals surface area (Å²) in [6, 6.07) is 9.13. The summed E-state index contributed by atoms with van der Waals surface area (Å²) < 4.78 is 23.6. The maximum atomic E-state index is 13.4. The van der Waals surface area contributed by atoms with Gasteiger partial charge in [-0.2, -0.15) is 0 Å². The second kappa shape index (κ2) is 5.61. The number of halogens is 1. The van der Waals surface area contributed by atoms with Crippen LogP contribution in [0, 0.1) is 12.7 Å². The van der Waals surface area contributed by atoms with E-state index in [1.165, 1.54) is 25.3 Å². The van der Waals surface area contributed by atoms with Crippen LogP contribution >= 0.6 is 0 Å². The molecule has 0 unspecified atom stereocenters. The van der Waals surface area contributed by atoms with E-state index in [4.69, 9.17) is 10.5 Å². The summed E-state index contributed by atoms with van der Waals surface area (Å²) in [5, 5.41) is 0. The van der Waals surface area contributed by atoms with E-state index in [0.717, 1.165) is 0 Å². The van der Waals surface area contributed by atoms with Gasteiger partial charge in [0.05, 0.1) is 12.7 Å². The van der Waals surface area contributed by atoms with Crippen LogP contribution in [0.5, 0.6) is 11.5 Å². The summed E-state index contributed by atoms with van der Waals surface area (Å²) in [6.07, 6.45) is 0. The fourth-order valence-electron chi connectivity index (χ4n) is 1.66. The highest BCUT2D eigenvalue weighted by atomic mass is 19.1. The Kier molecular flexibility index (Phi) is 3.89. The molecule has 0 atom stereocenters. The molecule has 0 heterocycles. The zero-order valence-corrected chi connectivity index (χ0v) is 11.1. The zero-order chi connectivity index (χ0) is 14.7. The summed E-state index contributed by atoms with van der Waals surface area (Å²) in [6.45, 7) is 1.66. The fraction of sp³-hybridized carbons (Fsp3) is 0.133. The third-order valence-electron chi connectivity index (χ3n) is 2.81. The minimum atomic E-state index is -0.553. The van der Waals surface area contributed by atoms with E-state index >= 15 is 0 Å². The van der Waals surface area contributed by atoms with E-state index < -0.39 is 5.97 Å². The van der Waals surface area contributed by atoms with Crippen molar-refractivity contribution in [2.24, 2.45) is 0 Å². The minimum Gasteiger partial charge on any atom is -0.465 e. The lowest BCUT2D eigenvalue weighted by atomic mass is 10.1. The molecule has 0 aliphatic rings. The summed E-state index contributed by atoms with van der Waals surface area (Å²) in [5.74, 6) is -0.189. The molecular formula is C15H14FNO3. The van der Waals surface area contributed by atoms with Gasteiger partial charge in [0.2, 0.25) is 0 Å². The lowest BCUT2D eigenvalue weighted by Gasteiger charge is -2.09. The fourth-order valence-corrected chi connectivity index (χ4v) is 1.66. The van der Waals surface area contributed by atoms with Crippen LogP contribution in [0.1, 0.15) is 15.9 Å². The molecule has 4 nitrogen and oxygen atoms in total. The van der Waals surface area contributed by atoms with Crippen LogP contribution in [0.4, 0.5) is 10.1 Å². The monoisotopic (exact) mass is 275 g/mol. The number of rotatable bonds is 3. The van der Waals surface area contributed by atoms with Crippen LogP contribution in [0.3, 0.4) is 0 Å². The van der Waals surface area contributed by atoms with Gasteiger partial charge in [0, 0.05) is 11.8 Å². The number of hydrogen-bond acceptors (Lipinski definition) is 4. The number of nitrogens with two attached hydrogens (primary N) is 1. The number of carbonyl (C=O) groups excluding carboxylic acids is 1. The van der Waals surface area contributed by atoms with Gasteiger partial charge >= 0.3 is 5.97 Å². The number of esters is 1. The highest BCUT2D eigenvalue weighted by Gasteiger charge is 2.12. The number of aryl methyl sites for hydroxylation is 1. The Labute approximate surface area is 115 Å².